The molecule has 0 atom stereocenters. The maximum atomic E-state index is 12.7. The Morgan fingerprint density at radius 1 is 1.22 bits per heavy atom. The number of nitrogens with one attached hydrogen (secondary N) is 1. The zero-order chi connectivity index (χ0) is 18.5. The van der Waals surface area contributed by atoms with Crippen molar-refractivity contribution in [3.8, 4) is 11.5 Å². The van der Waals surface area contributed by atoms with Gasteiger partial charge in [-0.2, -0.15) is 0 Å². The van der Waals surface area contributed by atoms with E-state index in [0.29, 0.717) is 37.9 Å². The van der Waals surface area contributed by atoms with Gasteiger partial charge in [0.1, 0.15) is 10.5 Å². The van der Waals surface area contributed by atoms with Crippen LogP contribution < -0.4 is 20.3 Å². The summed E-state index contributed by atoms with van der Waals surface area (Å²) in [4.78, 5) is 30.9. The highest BCUT2D eigenvalue weighted by Gasteiger charge is 2.18. The SMILES string of the molecule is Cc1cccn2c(=O)c3cc(C(=O)Nc4ccc5c(c4)OCO5)sc3nc12. The Morgan fingerprint density at radius 3 is 2.96 bits per heavy atom. The molecule has 0 saturated heterocycles. The van der Waals surface area contributed by atoms with E-state index in [-0.39, 0.29) is 18.3 Å². The van der Waals surface area contributed by atoms with Crippen molar-refractivity contribution in [2.75, 3.05) is 12.1 Å². The summed E-state index contributed by atoms with van der Waals surface area (Å²) in [6, 6.07) is 10.5. The molecule has 1 N–H and O–H groups in total. The molecule has 0 unspecified atom stereocenters. The van der Waals surface area contributed by atoms with Crippen LogP contribution in [0.4, 0.5) is 5.69 Å². The van der Waals surface area contributed by atoms with Crippen LogP contribution in [-0.4, -0.2) is 22.1 Å². The van der Waals surface area contributed by atoms with Crippen LogP contribution in [0, 0.1) is 6.92 Å². The monoisotopic (exact) mass is 379 g/mol. The number of aryl methyl sites for hydroxylation is 1. The van der Waals surface area contributed by atoms with Gasteiger partial charge in [0.25, 0.3) is 11.5 Å². The molecule has 0 radical (unpaired) electrons. The van der Waals surface area contributed by atoms with Crippen LogP contribution in [0.15, 0.2) is 47.4 Å². The average Bonchev–Trinajstić information content (AvgIpc) is 3.29. The molecular formula is C19H13N3O4S. The largest absolute Gasteiger partial charge is 0.454 e. The number of hydrogen-bond donors (Lipinski definition) is 1. The van der Waals surface area contributed by atoms with Gasteiger partial charge in [0, 0.05) is 18.0 Å². The lowest BCUT2D eigenvalue weighted by molar-refractivity contribution is 0.103. The van der Waals surface area contributed by atoms with Gasteiger partial charge in [0.05, 0.1) is 10.3 Å². The fraction of sp³-hybridized carbons (Fsp3) is 0.105. The molecule has 8 heteroatoms. The summed E-state index contributed by atoms with van der Waals surface area (Å²) in [6.07, 6.45) is 1.68. The van der Waals surface area contributed by atoms with Crippen molar-refractivity contribution in [2.45, 2.75) is 6.92 Å². The van der Waals surface area contributed by atoms with Crippen LogP contribution in [0.5, 0.6) is 11.5 Å². The van der Waals surface area contributed by atoms with Crippen LogP contribution in [0.1, 0.15) is 15.2 Å². The van der Waals surface area contributed by atoms with Crippen LogP contribution in [-0.2, 0) is 0 Å². The third-order valence-electron chi connectivity index (χ3n) is 4.39. The second kappa shape index (κ2) is 5.82. The van der Waals surface area contributed by atoms with Crippen molar-refractivity contribution in [2.24, 2.45) is 0 Å². The van der Waals surface area contributed by atoms with Crippen molar-refractivity contribution in [1.29, 1.82) is 0 Å². The molecular weight excluding hydrogens is 366 g/mol. The van der Waals surface area contributed by atoms with Crippen molar-refractivity contribution < 1.29 is 14.3 Å². The molecule has 4 aromatic rings. The molecule has 4 heterocycles. The Hall–Kier alpha value is -3.39. The maximum absolute atomic E-state index is 12.7. The van der Waals surface area contributed by atoms with E-state index in [4.69, 9.17) is 9.47 Å². The van der Waals surface area contributed by atoms with Crippen molar-refractivity contribution in [3.05, 3.63) is 63.4 Å². The molecule has 1 aliphatic heterocycles. The first-order valence-corrected chi connectivity index (χ1v) is 9.04. The molecule has 3 aromatic heterocycles. The Morgan fingerprint density at radius 2 is 2.07 bits per heavy atom. The van der Waals surface area contributed by atoms with Gasteiger partial charge in [0.15, 0.2) is 11.5 Å². The van der Waals surface area contributed by atoms with Crippen LogP contribution >= 0.6 is 11.3 Å². The summed E-state index contributed by atoms with van der Waals surface area (Å²) < 4.78 is 12.1. The predicted molar refractivity (Wildman–Crippen MR) is 102 cm³/mol. The molecule has 27 heavy (non-hydrogen) atoms. The third kappa shape index (κ3) is 2.53. The van der Waals surface area contributed by atoms with Gasteiger partial charge in [-0.05, 0) is 36.8 Å². The molecule has 0 bridgehead atoms. The smallest absolute Gasteiger partial charge is 0.266 e. The molecule has 0 saturated carbocycles. The number of thiophene rings is 1. The number of nitrogens with zero attached hydrogens (tertiary/aromatic N) is 2. The Bertz CT molecular complexity index is 1290. The third-order valence-corrected chi connectivity index (χ3v) is 5.41. The first-order chi connectivity index (χ1) is 13.1. The second-order valence-electron chi connectivity index (χ2n) is 6.15. The molecule has 0 spiro atoms. The predicted octanol–water partition coefficient (Wildman–Crippen LogP) is 3.20. The highest BCUT2D eigenvalue weighted by Crippen LogP contribution is 2.34. The van der Waals surface area contributed by atoms with Gasteiger partial charge < -0.3 is 14.8 Å². The van der Waals surface area contributed by atoms with Crippen molar-refractivity contribution in [3.63, 3.8) is 0 Å². The minimum Gasteiger partial charge on any atom is -0.454 e. The number of anilines is 1. The lowest BCUT2D eigenvalue weighted by Gasteiger charge is -2.04. The number of amides is 1. The van der Waals surface area contributed by atoms with E-state index in [1.807, 2.05) is 13.0 Å². The van der Waals surface area contributed by atoms with Gasteiger partial charge in [-0.3, -0.25) is 14.0 Å². The zero-order valence-corrected chi connectivity index (χ0v) is 15.0. The topological polar surface area (TPSA) is 81.9 Å². The number of fused-ring (bicyclic) bond motifs is 3. The number of ether oxygens (including phenoxy) is 2. The van der Waals surface area contributed by atoms with E-state index in [9.17, 15) is 9.59 Å². The molecule has 7 nitrogen and oxygen atoms in total. The fourth-order valence-corrected chi connectivity index (χ4v) is 3.95. The lowest BCUT2D eigenvalue weighted by atomic mass is 10.2. The maximum Gasteiger partial charge on any atom is 0.266 e. The molecule has 5 rings (SSSR count). The first kappa shape index (κ1) is 15.8. The van der Waals surface area contributed by atoms with Crippen molar-refractivity contribution >= 4 is 38.8 Å². The summed E-state index contributed by atoms with van der Waals surface area (Å²) in [6.45, 7) is 2.07. The summed E-state index contributed by atoms with van der Waals surface area (Å²) in [5.74, 6) is 0.932. The summed E-state index contributed by atoms with van der Waals surface area (Å²) in [5, 5.41) is 3.25. The number of hydrogen-bond acceptors (Lipinski definition) is 6. The number of aromatic nitrogens is 2. The molecule has 1 aromatic carbocycles. The Balaban J connectivity index is 1.54. The lowest BCUT2D eigenvalue weighted by Crippen LogP contribution is -2.14. The Kier molecular flexibility index (Phi) is 3.41. The van der Waals surface area contributed by atoms with Gasteiger partial charge in [-0.15, -0.1) is 11.3 Å². The quantitative estimate of drug-likeness (QED) is 0.578. The molecule has 1 aliphatic rings. The normalized spacial score (nSPS) is 12.6. The van der Waals surface area contributed by atoms with E-state index in [2.05, 4.69) is 10.3 Å². The molecule has 0 aliphatic carbocycles. The van der Waals surface area contributed by atoms with E-state index < -0.39 is 0 Å². The van der Waals surface area contributed by atoms with Crippen LogP contribution in [0.3, 0.4) is 0 Å². The van der Waals surface area contributed by atoms with Gasteiger partial charge >= 0.3 is 0 Å². The highest BCUT2D eigenvalue weighted by atomic mass is 32.1. The van der Waals surface area contributed by atoms with Gasteiger partial charge in [-0.25, -0.2) is 4.98 Å². The minimum absolute atomic E-state index is 0.172. The highest BCUT2D eigenvalue weighted by molar-refractivity contribution is 7.20. The summed E-state index contributed by atoms with van der Waals surface area (Å²) >= 11 is 1.20. The number of pyridine rings is 1. The van der Waals surface area contributed by atoms with Gasteiger partial charge in [0.2, 0.25) is 6.79 Å². The minimum atomic E-state index is -0.304. The molecule has 1 amide bonds. The van der Waals surface area contributed by atoms with E-state index >= 15 is 0 Å². The van der Waals surface area contributed by atoms with Crippen molar-refractivity contribution in [1.82, 2.24) is 9.38 Å². The number of carbonyl (C=O) groups excluding carboxylic acids is 1. The van der Waals surface area contributed by atoms with Crippen LogP contribution in [0.25, 0.3) is 15.9 Å². The summed E-state index contributed by atoms with van der Waals surface area (Å²) in [7, 11) is 0. The summed E-state index contributed by atoms with van der Waals surface area (Å²) in [5.41, 5.74) is 1.90. The molecule has 0 fully saturated rings. The Labute approximate surface area is 156 Å². The average molecular weight is 379 g/mol. The van der Waals surface area contributed by atoms with E-state index in [0.717, 1.165) is 5.56 Å². The number of carbonyl (C=O) groups is 1. The van der Waals surface area contributed by atoms with E-state index in [1.54, 1.807) is 36.5 Å². The van der Waals surface area contributed by atoms with Crippen LogP contribution in [0.2, 0.25) is 0 Å². The second-order valence-corrected chi connectivity index (χ2v) is 7.18. The first-order valence-electron chi connectivity index (χ1n) is 8.23. The van der Waals surface area contributed by atoms with E-state index in [1.165, 1.54) is 15.7 Å². The van der Waals surface area contributed by atoms with Gasteiger partial charge in [-0.1, -0.05) is 6.07 Å². The number of benzene rings is 1. The fourth-order valence-electron chi connectivity index (χ4n) is 3.04. The number of rotatable bonds is 2. The standard InChI is InChI=1S/C19H13N3O4S/c1-10-3-2-6-22-16(10)21-18-12(19(22)24)8-15(27-18)17(23)20-11-4-5-13-14(7-11)26-9-25-13/h2-8H,9H2,1H3,(H,20,23). The molecule has 134 valence electrons. The zero-order valence-electron chi connectivity index (χ0n) is 14.2.